The van der Waals surface area contributed by atoms with Gasteiger partial charge < -0.3 is 8.98 Å². The van der Waals surface area contributed by atoms with Crippen LogP contribution in [0.5, 0.6) is 0 Å². The number of aromatic nitrogens is 3. The van der Waals surface area contributed by atoms with Gasteiger partial charge in [-0.05, 0) is 80.4 Å². The molecule has 11 rings (SSSR count). The van der Waals surface area contributed by atoms with Crippen molar-refractivity contribution in [2.45, 2.75) is 6.17 Å². The fourth-order valence-electron chi connectivity index (χ4n) is 9.13. The SMILES string of the molecule is Cn1c(-c2cccc(C(F)c3ccc4c(c3)N(c3ccccn3)c3c(ccc5oc6ccccc6c35)[Si]4(c3ccccc3)c3ccccc3)c2)nc2ccccc21. The van der Waals surface area contributed by atoms with Gasteiger partial charge in [-0.15, -0.1) is 0 Å². The number of halogens is 1. The van der Waals surface area contributed by atoms with E-state index in [0.717, 1.165) is 66.7 Å². The van der Waals surface area contributed by atoms with E-state index in [9.17, 15) is 0 Å². The second-order valence-corrected chi connectivity index (χ2v) is 18.4. The normalized spacial score (nSPS) is 13.8. The van der Waals surface area contributed by atoms with Crippen molar-refractivity contribution in [2.75, 3.05) is 4.90 Å². The summed E-state index contributed by atoms with van der Waals surface area (Å²) >= 11 is 0. The Bertz CT molecular complexity index is 3090. The average molecular weight is 755 g/mol. The van der Waals surface area contributed by atoms with E-state index in [1.807, 2.05) is 92.1 Å². The number of hydrogen-bond acceptors (Lipinski definition) is 4. The maximum Gasteiger partial charge on any atom is 0.184 e. The van der Waals surface area contributed by atoms with Crippen LogP contribution in [0.3, 0.4) is 0 Å². The van der Waals surface area contributed by atoms with Crippen molar-refractivity contribution in [3.05, 3.63) is 199 Å². The molecule has 0 N–H and O–H groups in total. The molecule has 5 nitrogen and oxygen atoms in total. The average Bonchev–Trinajstić information content (AvgIpc) is 3.83. The van der Waals surface area contributed by atoms with Crippen molar-refractivity contribution in [2.24, 2.45) is 7.05 Å². The van der Waals surface area contributed by atoms with Crippen molar-refractivity contribution < 1.29 is 8.81 Å². The number of pyridine rings is 1. The molecule has 1 aliphatic heterocycles. The summed E-state index contributed by atoms with van der Waals surface area (Å²) in [5.74, 6) is 1.55. The van der Waals surface area contributed by atoms with Crippen molar-refractivity contribution in [3.8, 4) is 11.4 Å². The molecule has 3 aromatic heterocycles. The molecule has 7 heteroatoms. The predicted octanol–water partition coefficient (Wildman–Crippen LogP) is 9.75. The van der Waals surface area contributed by atoms with Gasteiger partial charge in [0.05, 0.1) is 22.1 Å². The summed E-state index contributed by atoms with van der Waals surface area (Å²) in [7, 11) is -1.08. The van der Waals surface area contributed by atoms with Crippen molar-refractivity contribution in [1.82, 2.24) is 14.5 Å². The summed E-state index contributed by atoms with van der Waals surface area (Å²) in [5, 5.41) is 6.90. The van der Waals surface area contributed by atoms with E-state index in [1.165, 1.54) is 15.6 Å². The smallest absolute Gasteiger partial charge is 0.184 e. The van der Waals surface area contributed by atoms with Crippen LogP contribution in [0.15, 0.2) is 193 Å². The van der Waals surface area contributed by atoms with Gasteiger partial charge in [0.15, 0.2) is 14.2 Å². The number of imidazole rings is 1. The molecule has 0 saturated carbocycles. The third-order valence-corrected chi connectivity index (χ3v) is 16.5. The van der Waals surface area contributed by atoms with Gasteiger partial charge in [0.25, 0.3) is 0 Å². The third-order valence-electron chi connectivity index (χ3n) is 11.6. The summed E-state index contributed by atoms with van der Waals surface area (Å²) in [6, 6.07) is 62.4. The van der Waals surface area contributed by atoms with Crippen LogP contribution in [-0.4, -0.2) is 22.6 Å². The monoisotopic (exact) mass is 754 g/mol. The second kappa shape index (κ2) is 13.0. The Kier molecular flexibility index (Phi) is 7.59. The van der Waals surface area contributed by atoms with E-state index in [0.29, 0.717) is 11.1 Å². The zero-order valence-electron chi connectivity index (χ0n) is 31.1. The first-order chi connectivity index (χ1) is 28.1. The lowest BCUT2D eigenvalue weighted by molar-refractivity contribution is 0.402. The third kappa shape index (κ3) is 4.99. The summed E-state index contributed by atoms with van der Waals surface area (Å²) in [4.78, 5) is 12.1. The Morgan fingerprint density at radius 2 is 1.32 bits per heavy atom. The number of para-hydroxylation sites is 3. The predicted molar refractivity (Wildman–Crippen MR) is 232 cm³/mol. The number of nitrogens with zero attached hydrogens (tertiary/aromatic N) is 4. The number of rotatable bonds is 6. The molecular weight excluding hydrogens is 720 g/mol. The van der Waals surface area contributed by atoms with Crippen LogP contribution < -0.4 is 25.6 Å². The maximum atomic E-state index is 17.4. The highest BCUT2D eigenvalue weighted by Gasteiger charge is 2.50. The standard InChI is InChI=1S/C50H35FN4OSi/c1-54-40-23-10-9-22-39(40)53-50(54)35-16-14-15-33(31-35)48(51)34-26-28-44-41(32-34)55(46-25-12-13-30-52-46)49-45(29-27-43-47(49)38-21-8-11-24-42(38)56-43)57(44,36-17-4-2-5-18-36)37-19-6-3-7-20-37/h2-32,48H,1H3. The van der Waals surface area contributed by atoms with Crippen LogP contribution >= 0.6 is 0 Å². The summed E-state index contributed by atoms with van der Waals surface area (Å²) in [6.45, 7) is 0. The first-order valence-corrected chi connectivity index (χ1v) is 21.2. The number of alkyl halides is 1. The van der Waals surface area contributed by atoms with E-state index in [1.54, 1.807) is 0 Å². The quantitative estimate of drug-likeness (QED) is 0.159. The highest BCUT2D eigenvalue weighted by Crippen LogP contribution is 2.45. The molecule has 4 heterocycles. The molecule has 0 saturated heterocycles. The molecule has 0 amide bonds. The Hall–Kier alpha value is -7.09. The number of furan rings is 1. The van der Waals surface area contributed by atoms with Crippen LogP contribution in [0.4, 0.5) is 21.6 Å². The molecule has 0 fully saturated rings. The van der Waals surface area contributed by atoms with Crippen LogP contribution in [0.1, 0.15) is 17.3 Å². The van der Waals surface area contributed by atoms with Gasteiger partial charge >= 0.3 is 0 Å². The Morgan fingerprint density at radius 1 is 0.614 bits per heavy atom. The number of fused-ring (bicyclic) bond motifs is 7. The Morgan fingerprint density at radius 3 is 2.09 bits per heavy atom. The molecule has 272 valence electrons. The van der Waals surface area contributed by atoms with E-state index in [2.05, 4.69) is 113 Å². The van der Waals surface area contributed by atoms with Gasteiger partial charge in [-0.25, -0.2) is 14.4 Å². The molecule has 1 atom stereocenters. The molecule has 0 aliphatic carbocycles. The van der Waals surface area contributed by atoms with Crippen LogP contribution in [-0.2, 0) is 7.05 Å². The van der Waals surface area contributed by atoms with Crippen LogP contribution in [0, 0.1) is 0 Å². The maximum absolute atomic E-state index is 17.4. The molecular formula is C50H35FN4OSi. The Balaban J connectivity index is 1.20. The number of benzene rings is 7. The molecule has 1 unspecified atom stereocenters. The van der Waals surface area contributed by atoms with E-state index in [4.69, 9.17) is 14.4 Å². The molecule has 7 aromatic carbocycles. The molecule has 0 bridgehead atoms. The van der Waals surface area contributed by atoms with Gasteiger partial charge in [-0.1, -0.05) is 133 Å². The highest BCUT2D eigenvalue weighted by atomic mass is 28.3. The van der Waals surface area contributed by atoms with Crippen LogP contribution in [0.2, 0.25) is 0 Å². The number of hydrogen-bond donors (Lipinski definition) is 0. The van der Waals surface area contributed by atoms with Crippen molar-refractivity contribution in [3.63, 3.8) is 0 Å². The minimum absolute atomic E-state index is 0.563. The summed E-state index contributed by atoms with van der Waals surface area (Å²) in [6.07, 6.45) is 0.414. The van der Waals surface area contributed by atoms with Gasteiger partial charge in [0.1, 0.15) is 22.8 Å². The van der Waals surface area contributed by atoms with Crippen molar-refractivity contribution in [1.29, 1.82) is 0 Å². The van der Waals surface area contributed by atoms with E-state index in [-0.39, 0.29) is 0 Å². The zero-order valence-corrected chi connectivity index (χ0v) is 32.1. The summed E-state index contributed by atoms with van der Waals surface area (Å²) < 4.78 is 26.1. The van der Waals surface area contributed by atoms with Gasteiger partial charge in [-0.3, -0.25) is 4.90 Å². The van der Waals surface area contributed by atoms with Crippen molar-refractivity contribution >= 4 is 79.0 Å². The number of anilines is 3. The molecule has 57 heavy (non-hydrogen) atoms. The minimum Gasteiger partial charge on any atom is -0.456 e. The largest absolute Gasteiger partial charge is 0.456 e. The van der Waals surface area contributed by atoms with Gasteiger partial charge in [-0.2, -0.15) is 0 Å². The van der Waals surface area contributed by atoms with E-state index >= 15 is 4.39 Å². The van der Waals surface area contributed by atoms with Gasteiger partial charge in [0.2, 0.25) is 0 Å². The lowest BCUT2D eigenvalue weighted by Crippen LogP contribution is -2.77. The lowest BCUT2D eigenvalue weighted by Gasteiger charge is -2.45. The molecule has 1 aliphatic rings. The minimum atomic E-state index is -3.09. The second-order valence-electron chi connectivity index (χ2n) is 14.7. The molecule has 0 radical (unpaired) electrons. The molecule has 10 aromatic rings. The highest BCUT2D eigenvalue weighted by molar-refractivity contribution is 7.21. The lowest BCUT2D eigenvalue weighted by atomic mass is 9.99. The molecule has 0 spiro atoms. The van der Waals surface area contributed by atoms with Crippen LogP contribution in [0.25, 0.3) is 44.4 Å². The number of aryl methyl sites for hydroxylation is 1. The zero-order chi connectivity index (χ0) is 38.1. The summed E-state index contributed by atoms with van der Waals surface area (Å²) in [5.41, 5.74) is 7.47. The van der Waals surface area contributed by atoms with E-state index < -0.39 is 14.2 Å². The topological polar surface area (TPSA) is 47.1 Å². The fraction of sp³-hybridized carbons (Fsp3) is 0.0400. The first-order valence-electron chi connectivity index (χ1n) is 19.2. The fourth-order valence-corrected chi connectivity index (χ4v) is 14.2. The van der Waals surface area contributed by atoms with Gasteiger partial charge in [0, 0.05) is 29.9 Å². The first kappa shape index (κ1) is 33.3. The Labute approximate surface area is 330 Å².